The summed E-state index contributed by atoms with van der Waals surface area (Å²) in [5.74, 6) is 0.175. The topological polar surface area (TPSA) is 55.8 Å². The fourth-order valence-electron chi connectivity index (χ4n) is 2.46. The third-order valence-electron chi connectivity index (χ3n) is 3.69. The molecule has 1 rings (SSSR count). The molecule has 1 fully saturated rings. The number of ether oxygens (including phenoxy) is 2. The first-order valence-corrected chi connectivity index (χ1v) is 8.25. The van der Waals surface area contributed by atoms with Crippen LogP contribution in [0.1, 0.15) is 58.3 Å². The molecule has 0 aromatic heterocycles. The van der Waals surface area contributed by atoms with E-state index < -0.39 is 0 Å². The molecule has 1 saturated heterocycles. The lowest BCUT2D eigenvalue weighted by Crippen LogP contribution is -2.40. The van der Waals surface area contributed by atoms with Gasteiger partial charge in [0.1, 0.15) is 0 Å². The smallest absolute Gasteiger partial charge is 0.305 e. The number of nitrogens with zero attached hydrogens (tertiary/aromatic N) is 1. The second kappa shape index (κ2) is 11.5. The van der Waals surface area contributed by atoms with Gasteiger partial charge in [-0.2, -0.15) is 0 Å². The second-order valence-corrected chi connectivity index (χ2v) is 5.42. The van der Waals surface area contributed by atoms with Crippen LogP contribution in [0, 0.1) is 0 Å². The highest BCUT2D eigenvalue weighted by atomic mass is 16.5. The molecule has 1 amide bonds. The van der Waals surface area contributed by atoms with Crippen LogP contribution in [0.2, 0.25) is 0 Å². The lowest BCUT2D eigenvalue weighted by molar-refractivity contribution is -0.143. The third kappa shape index (κ3) is 8.71. The van der Waals surface area contributed by atoms with E-state index in [1.54, 1.807) is 0 Å². The van der Waals surface area contributed by atoms with Gasteiger partial charge in [-0.25, -0.2) is 0 Å². The average Bonchev–Trinajstić information content (AvgIpc) is 2.51. The van der Waals surface area contributed by atoms with E-state index in [1.165, 1.54) is 0 Å². The van der Waals surface area contributed by atoms with Crippen LogP contribution in [-0.2, 0) is 19.1 Å². The number of unbranched alkanes of at least 4 members (excludes halogenated alkanes) is 5. The van der Waals surface area contributed by atoms with Crippen molar-refractivity contribution in [2.24, 2.45) is 0 Å². The first-order valence-electron chi connectivity index (χ1n) is 8.25. The highest BCUT2D eigenvalue weighted by Crippen LogP contribution is 2.10. The van der Waals surface area contributed by atoms with Gasteiger partial charge in [0.15, 0.2) is 0 Å². The predicted molar refractivity (Wildman–Crippen MR) is 81.0 cm³/mol. The Hall–Kier alpha value is -1.10. The molecule has 0 spiro atoms. The molecule has 122 valence electrons. The van der Waals surface area contributed by atoms with Crippen molar-refractivity contribution in [3.63, 3.8) is 0 Å². The minimum Gasteiger partial charge on any atom is -0.466 e. The molecular formula is C16H29NO4. The van der Waals surface area contributed by atoms with Gasteiger partial charge in [0.2, 0.25) is 5.91 Å². The number of morpholine rings is 1. The molecule has 0 radical (unpaired) electrons. The van der Waals surface area contributed by atoms with E-state index in [0.29, 0.717) is 32.7 Å². The first-order chi connectivity index (χ1) is 10.2. The van der Waals surface area contributed by atoms with Gasteiger partial charge in [-0.15, -0.1) is 0 Å². The van der Waals surface area contributed by atoms with Gasteiger partial charge in [-0.1, -0.05) is 25.7 Å². The molecule has 0 aromatic carbocycles. The quantitative estimate of drug-likeness (QED) is 0.459. The zero-order chi connectivity index (χ0) is 15.3. The Morgan fingerprint density at radius 1 is 0.952 bits per heavy atom. The number of carbonyl (C=O) groups is 2. The lowest BCUT2D eigenvalue weighted by Gasteiger charge is -2.26. The Morgan fingerprint density at radius 3 is 2.14 bits per heavy atom. The fourth-order valence-corrected chi connectivity index (χ4v) is 2.46. The molecule has 0 bridgehead atoms. The highest BCUT2D eigenvalue weighted by molar-refractivity contribution is 5.76. The van der Waals surface area contributed by atoms with Crippen molar-refractivity contribution in [2.75, 3.05) is 32.9 Å². The molecular weight excluding hydrogens is 270 g/mol. The molecule has 0 unspecified atom stereocenters. The van der Waals surface area contributed by atoms with Crippen molar-refractivity contribution in [1.29, 1.82) is 0 Å². The minimum atomic E-state index is -0.0893. The monoisotopic (exact) mass is 299 g/mol. The van der Waals surface area contributed by atoms with Crippen molar-refractivity contribution in [3.8, 4) is 0 Å². The van der Waals surface area contributed by atoms with E-state index in [2.05, 4.69) is 0 Å². The maximum atomic E-state index is 11.9. The Morgan fingerprint density at radius 2 is 1.52 bits per heavy atom. The maximum Gasteiger partial charge on any atom is 0.305 e. The Labute approximate surface area is 128 Å². The van der Waals surface area contributed by atoms with Crippen LogP contribution >= 0.6 is 0 Å². The molecule has 5 nitrogen and oxygen atoms in total. The van der Waals surface area contributed by atoms with Crippen molar-refractivity contribution in [3.05, 3.63) is 0 Å². The van der Waals surface area contributed by atoms with Gasteiger partial charge >= 0.3 is 5.97 Å². The van der Waals surface area contributed by atoms with Crippen molar-refractivity contribution in [2.45, 2.75) is 58.3 Å². The molecule has 1 aliphatic rings. The van der Waals surface area contributed by atoms with Crippen LogP contribution in [0.15, 0.2) is 0 Å². The summed E-state index contributed by atoms with van der Waals surface area (Å²) in [6.45, 7) is 5.13. The molecule has 0 atom stereocenters. The predicted octanol–water partition coefficient (Wildman–Crippen LogP) is 2.53. The summed E-state index contributed by atoms with van der Waals surface area (Å²) in [6, 6.07) is 0. The summed E-state index contributed by atoms with van der Waals surface area (Å²) in [5, 5.41) is 0. The maximum absolute atomic E-state index is 11.9. The summed E-state index contributed by atoms with van der Waals surface area (Å²) < 4.78 is 10.1. The third-order valence-corrected chi connectivity index (χ3v) is 3.69. The van der Waals surface area contributed by atoms with E-state index in [4.69, 9.17) is 9.47 Å². The summed E-state index contributed by atoms with van der Waals surface area (Å²) in [7, 11) is 0. The largest absolute Gasteiger partial charge is 0.466 e. The molecule has 1 heterocycles. The van der Waals surface area contributed by atoms with Gasteiger partial charge in [-0.3, -0.25) is 9.59 Å². The number of carbonyl (C=O) groups excluding carboxylic acids is 2. The van der Waals surface area contributed by atoms with Crippen LogP contribution in [0.5, 0.6) is 0 Å². The van der Waals surface area contributed by atoms with E-state index in [0.717, 1.165) is 51.6 Å². The van der Waals surface area contributed by atoms with Crippen molar-refractivity contribution in [1.82, 2.24) is 4.90 Å². The van der Waals surface area contributed by atoms with Gasteiger partial charge in [-0.05, 0) is 19.8 Å². The van der Waals surface area contributed by atoms with Crippen LogP contribution in [0.3, 0.4) is 0 Å². The number of hydrogen-bond donors (Lipinski definition) is 0. The molecule has 0 aliphatic carbocycles. The Balaban J connectivity index is 1.88. The van der Waals surface area contributed by atoms with E-state index in [-0.39, 0.29) is 11.9 Å². The van der Waals surface area contributed by atoms with Gasteiger partial charge < -0.3 is 14.4 Å². The SMILES string of the molecule is CCOC(=O)CCCCCCCCC(=O)N1CCOCC1. The summed E-state index contributed by atoms with van der Waals surface area (Å²) in [5.41, 5.74) is 0. The number of amides is 1. The Kier molecular flexibility index (Phi) is 9.87. The van der Waals surface area contributed by atoms with Crippen LogP contribution < -0.4 is 0 Å². The van der Waals surface area contributed by atoms with E-state index in [9.17, 15) is 9.59 Å². The average molecular weight is 299 g/mol. The second-order valence-electron chi connectivity index (χ2n) is 5.42. The zero-order valence-electron chi connectivity index (χ0n) is 13.3. The van der Waals surface area contributed by atoms with Crippen LogP contribution in [0.4, 0.5) is 0 Å². The van der Waals surface area contributed by atoms with Gasteiger partial charge in [0.25, 0.3) is 0 Å². The summed E-state index contributed by atoms with van der Waals surface area (Å²) in [6.07, 6.45) is 7.49. The Bertz CT molecular complexity index is 301. The fraction of sp³-hybridized carbons (Fsp3) is 0.875. The molecule has 1 aliphatic heterocycles. The van der Waals surface area contributed by atoms with Gasteiger partial charge in [0.05, 0.1) is 19.8 Å². The lowest BCUT2D eigenvalue weighted by atomic mass is 10.1. The van der Waals surface area contributed by atoms with Crippen molar-refractivity contribution >= 4 is 11.9 Å². The molecule has 5 heteroatoms. The molecule has 21 heavy (non-hydrogen) atoms. The summed E-state index contributed by atoms with van der Waals surface area (Å²) >= 11 is 0. The highest BCUT2D eigenvalue weighted by Gasteiger charge is 2.15. The first kappa shape index (κ1) is 18.0. The van der Waals surface area contributed by atoms with Crippen LogP contribution in [-0.4, -0.2) is 49.7 Å². The summed E-state index contributed by atoms with van der Waals surface area (Å²) in [4.78, 5) is 24.9. The standard InChI is InChI=1S/C16H29NO4/c1-2-21-16(19)10-8-6-4-3-5-7-9-15(18)17-11-13-20-14-12-17/h2-14H2,1H3. The minimum absolute atomic E-state index is 0.0893. The number of rotatable bonds is 10. The van der Waals surface area contributed by atoms with Crippen LogP contribution in [0.25, 0.3) is 0 Å². The number of esters is 1. The molecule has 0 aromatic rings. The van der Waals surface area contributed by atoms with Crippen molar-refractivity contribution < 1.29 is 19.1 Å². The molecule has 0 saturated carbocycles. The zero-order valence-corrected chi connectivity index (χ0v) is 13.3. The molecule has 0 N–H and O–H groups in total. The normalized spacial score (nSPS) is 15.0. The van der Waals surface area contributed by atoms with E-state index >= 15 is 0 Å². The number of hydrogen-bond acceptors (Lipinski definition) is 4. The van der Waals surface area contributed by atoms with Gasteiger partial charge in [0, 0.05) is 25.9 Å². The van der Waals surface area contributed by atoms with E-state index in [1.807, 2.05) is 11.8 Å².